The number of anilines is 1. The molecular weight excluding hydrogens is 470 g/mol. The van der Waals surface area contributed by atoms with Crippen LogP contribution < -0.4 is 5.32 Å². The summed E-state index contributed by atoms with van der Waals surface area (Å²) in [5.41, 5.74) is -0.279. The van der Waals surface area contributed by atoms with Gasteiger partial charge in [-0.05, 0) is 52.7 Å². The number of rotatable bonds is 1. The van der Waals surface area contributed by atoms with Gasteiger partial charge in [-0.25, -0.2) is 4.39 Å². The van der Waals surface area contributed by atoms with Gasteiger partial charge in [0, 0.05) is 20.1 Å². The minimum atomic E-state index is -4.74. The van der Waals surface area contributed by atoms with E-state index in [1.54, 1.807) is 13.0 Å². The molecule has 2 aromatic carbocycles. The van der Waals surface area contributed by atoms with Crippen LogP contribution in [0.5, 0.6) is 0 Å². The number of hydrogen-bond donors (Lipinski definition) is 1. The summed E-state index contributed by atoms with van der Waals surface area (Å²) in [5, 5.41) is 2.60. The fourth-order valence-electron chi connectivity index (χ4n) is 2.68. The van der Waals surface area contributed by atoms with Gasteiger partial charge in [0.05, 0.1) is 16.8 Å². The molecule has 0 radical (unpaired) electrons. The van der Waals surface area contributed by atoms with Crippen molar-refractivity contribution in [2.24, 2.45) is 0 Å². The first-order chi connectivity index (χ1) is 11.6. The van der Waals surface area contributed by atoms with Crippen LogP contribution in [0.15, 0.2) is 33.2 Å². The molecule has 0 saturated carbocycles. The van der Waals surface area contributed by atoms with Crippen molar-refractivity contribution in [3.63, 3.8) is 0 Å². The highest BCUT2D eigenvalue weighted by atomic mass is 79.9. The van der Waals surface area contributed by atoms with Gasteiger partial charge in [-0.1, -0.05) is 22.0 Å². The number of hydrogen-bond acceptors (Lipinski definition) is 1. The van der Waals surface area contributed by atoms with Crippen molar-refractivity contribution >= 4 is 55.1 Å². The standard InChI is InChI=1S/C17H9Br2F4NO/c1-7-11(18)6-12(19)15-14(7)9(16(25)24-15)5-8-10(17(21,22)23)3-2-4-13(8)20/h2-6H,1H3,(H,24,25). The highest BCUT2D eigenvalue weighted by Gasteiger charge is 2.35. The molecule has 1 aliphatic heterocycles. The number of alkyl halides is 3. The molecule has 3 rings (SSSR count). The first-order valence-electron chi connectivity index (χ1n) is 6.99. The van der Waals surface area contributed by atoms with Gasteiger partial charge in [0.1, 0.15) is 5.82 Å². The molecule has 2 aromatic rings. The molecule has 0 unspecified atom stereocenters. The number of halogens is 6. The predicted octanol–water partition coefficient (Wildman–Crippen LogP) is 6.17. The van der Waals surface area contributed by atoms with Gasteiger partial charge < -0.3 is 5.32 Å². The highest BCUT2D eigenvalue weighted by Crippen LogP contribution is 2.44. The van der Waals surface area contributed by atoms with Crippen LogP contribution in [0, 0.1) is 12.7 Å². The second-order valence-electron chi connectivity index (χ2n) is 5.43. The summed E-state index contributed by atoms with van der Waals surface area (Å²) in [6.45, 7) is 1.72. The average Bonchev–Trinajstić information content (AvgIpc) is 2.83. The minimum Gasteiger partial charge on any atom is -0.320 e. The molecule has 25 heavy (non-hydrogen) atoms. The lowest BCUT2D eigenvalue weighted by molar-refractivity contribution is -0.137. The van der Waals surface area contributed by atoms with Crippen molar-refractivity contribution in [2.75, 3.05) is 5.32 Å². The van der Waals surface area contributed by atoms with Crippen LogP contribution >= 0.6 is 31.9 Å². The lowest BCUT2D eigenvalue weighted by Gasteiger charge is -2.12. The summed E-state index contributed by atoms with van der Waals surface area (Å²) in [6, 6.07) is 4.43. The quantitative estimate of drug-likeness (QED) is 0.385. The van der Waals surface area contributed by atoms with E-state index in [1.165, 1.54) is 0 Å². The zero-order chi connectivity index (χ0) is 18.5. The molecule has 0 atom stereocenters. The molecule has 2 nitrogen and oxygen atoms in total. The lowest BCUT2D eigenvalue weighted by Crippen LogP contribution is -2.10. The van der Waals surface area contributed by atoms with E-state index < -0.39 is 29.0 Å². The molecule has 1 heterocycles. The summed E-state index contributed by atoms with van der Waals surface area (Å²) < 4.78 is 54.9. The monoisotopic (exact) mass is 477 g/mol. The molecule has 0 spiro atoms. The lowest BCUT2D eigenvalue weighted by atomic mass is 9.97. The normalized spacial score (nSPS) is 15.5. The van der Waals surface area contributed by atoms with Crippen molar-refractivity contribution in [1.29, 1.82) is 0 Å². The third-order valence-electron chi connectivity index (χ3n) is 3.88. The van der Waals surface area contributed by atoms with Gasteiger partial charge in [0.2, 0.25) is 0 Å². The second-order valence-corrected chi connectivity index (χ2v) is 7.13. The molecule has 0 saturated heterocycles. The number of carbonyl (C=O) groups excluding carboxylic acids is 1. The molecule has 1 N–H and O–H groups in total. The fraction of sp³-hybridized carbons (Fsp3) is 0.118. The Hall–Kier alpha value is -1.67. The van der Waals surface area contributed by atoms with Crippen LogP contribution in [0.3, 0.4) is 0 Å². The van der Waals surface area contributed by atoms with Crippen molar-refractivity contribution in [2.45, 2.75) is 13.1 Å². The van der Waals surface area contributed by atoms with Gasteiger partial charge in [0.25, 0.3) is 5.91 Å². The van der Waals surface area contributed by atoms with Gasteiger partial charge >= 0.3 is 6.18 Å². The van der Waals surface area contributed by atoms with Crippen molar-refractivity contribution < 1.29 is 22.4 Å². The Morgan fingerprint density at radius 3 is 2.48 bits per heavy atom. The van der Waals surface area contributed by atoms with Crippen molar-refractivity contribution in [1.82, 2.24) is 0 Å². The first-order valence-corrected chi connectivity index (χ1v) is 8.57. The Bertz CT molecular complexity index is 935. The van der Waals surface area contributed by atoms with Crippen molar-refractivity contribution in [3.05, 3.63) is 61.3 Å². The van der Waals surface area contributed by atoms with E-state index in [0.717, 1.165) is 24.3 Å². The summed E-state index contributed by atoms with van der Waals surface area (Å²) in [7, 11) is 0. The van der Waals surface area contributed by atoms with E-state index >= 15 is 0 Å². The molecule has 0 fully saturated rings. The summed E-state index contributed by atoms with van der Waals surface area (Å²) >= 11 is 6.65. The first kappa shape index (κ1) is 18.1. The Morgan fingerprint density at radius 2 is 1.84 bits per heavy atom. The molecule has 0 aliphatic carbocycles. The molecule has 1 amide bonds. The Balaban J connectivity index is 2.30. The Labute approximate surface area is 157 Å². The van der Waals surface area contributed by atoms with Crippen LogP contribution in [-0.2, 0) is 11.0 Å². The van der Waals surface area contributed by atoms with Gasteiger partial charge in [0.15, 0.2) is 0 Å². The average molecular weight is 479 g/mol. The number of nitrogens with one attached hydrogen (secondary N) is 1. The number of amides is 1. The third kappa shape index (κ3) is 3.13. The van der Waals surface area contributed by atoms with E-state index in [-0.39, 0.29) is 5.57 Å². The third-order valence-corrected chi connectivity index (χ3v) is 5.32. The molecule has 0 bridgehead atoms. The summed E-state index contributed by atoms with van der Waals surface area (Å²) in [6.07, 6.45) is -3.79. The number of fused-ring (bicyclic) bond motifs is 1. The Kier molecular flexibility index (Phi) is 4.53. The number of carbonyl (C=O) groups is 1. The van der Waals surface area contributed by atoms with E-state index in [9.17, 15) is 22.4 Å². The van der Waals surface area contributed by atoms with E-state index in [2.05, 4.69) is 37.2 Å². The zero-order valence-corrected chi connectivity index (χ0v) is 15.7. The van der Waals surface area contributed by atoms with E-state index in [0.29, 0.717) is 25.8 Å². The van der Waals surface area contributed by atoms with Crippen LogP contribution in [0.25, 0.3) is 11.6 Å². The Morgan fingerprint density at radius 1 is 1.16 bits per heavy atom. The maximum absolute atomic E-state index is 14.1. The fourth-order valence-corrected chi connectivity index (χ4v) is 3.94. The van der Waals surface area contributed by atoms with E-state index in [1.807, 2.05) is 0 Å². The van der Waals surface area contributed by atoms with Crippen LogP contribution in [0.1, 0.15) is 22.3 Å². The summed E-state index contributed by atoms with van der Waals surface area (Å²) in [4.78, 5) is 12.3. The smallest absolute Gasteiger partial charge is 0.320 e. The van der Waals surface area contributed by atoms with Gasteiger partial charge in [-0.15, -0.1) is 0 Å². The topological polar surface area (TPSA) is 29.1 Å². The highest BCUT2D eigenvalue weighted by molar-refractivity contribution is 9.11. The maximum atomic E-state index is 14.1. The SMILES string of the molecule is Cc1c(Br)cc(Br)c2c1C(=Cc1c(F)cccc1C(F)(F)F)C(=O)N2. The number of benzene rings is 2. The molecule has 8 heteroatoms. The maximum Gasteiger partial charge on any atom is 0.417 e. The van der Waals surface area contributed by atoms with Crippen molar-refractivity contribution in [3.8, 4) is 0 Å². The second kappa shape index (κ2) is 6.25. The van der Waals surface area contributed by atoms with Crippen LogP contribution in [0.4, 0.5) is 23.2 Å². The summed E-state index contributed by atoms with van der Waals surface area (Å²) in [5.74, 6) is -1.64. The largest absolute Gasteiger partial charge is 0.417 e. The molecular formula is C17H9Br2F4NO. The van der Waals surface area contributed by atoms with Crippen LogP contribution in [0.2, 0.25) is 0 Å². The predicted molar refractivity (Wildman–Crippen MR) is 94.5 cm³/mol. The van der Waals surface area contributed by atoms with Gasteiger partial charge in [-0.2, -0.15) is 13.2 Å². The zero-order valence-electron chi connectivity index (χ0n) is 12.6. The molecule has 130 valence electrons. The molecule has 0 aromatic heterocycles. The van der Waals surface area contributed by atoms with Crippen LogP contribution in [-0.4, -0.2) is 5.91 Å². The van der Waals surface area contributed by atoms with Gasteiger partial charge in [-0.3, -0.25) is 4.79 Å². The van der Waals surface area contributed by atoms with E-state index in [4.69, 9.17) is 0 Å². The molecule has 1 aliphatic rings. The minimum absolute atomic E-state index is 0.0231.